The van der Waals surface area contributed by atoms with E-state index >= 15 is 0 Å². The van der Waals surface area contributed by atoms with Crippen LogP contribution in [-0.2, 0) is 4.74 Å². The summed E-state index contributed by atoms with van der Waals surface area (Å²) >= 11 is 0. The molecule has 1 aliphatic carbocycles. The largest absolute Gasteiger partial charge is 0.380 e. The van der Waals surface area contributed by atoms with Gasteiger partial charge in [0.25, 0.3) is 0 Å². The van der Waals surface area contributed by atoms with E-state index in [2.05, 4.69) is 24.1 Å². The van der Waals surface area contributed by atoms with Gasteiger partial charge in [0.05, 0.1) is 6.61 Å². The van der Waals surface area contributed by atoms with Crippen LogP contribution in [0.1, 0.15) is 46.0 Å². The normalized spacial score (nSPS) is 17.8. The Kier molecular flexibility index (Phi) is 8.67. The molecule has 3 heteroatoms. The lowest BCUT2D eigenvalue weighted by Crippen LogP contribution is -2.39. The topological polar surface area (TPSA) is 24.5 Å². The van der Waals surface area contributed by atoms with Gasteiger partial charge in [-0.05, 0) is 26.3 Å². The highest BCUT2D eigenvalue weighted by Crippen LogP contribution is 2.16. The minimum absolute atomic E-state index is 0.786. The van der Waals surface area contributed by atoms with Crippen LogP contribution in [0.5, 0.6) is 0 Å². The summed E-state index contributed by atoms with van der Waals surface area (Å²) in [5.74, 6) is 0. The summed E-state index contributed by atoms with van der Waals surface area (Å²) in [5, 5.41) is 3.69. The van der Waals surface area contributed by atoms with Gasteiger partial charge >= 0.3 is 0 Å². The predicted octanol–water partition coefficient (Wildman–Crippen LogP) is 2.27. The monoisotopic (exact) mass is 242 g/mol. The molecule has 0 saturated heterocycles. The lowest BCUT2D eigenvalue weighted by atomic mass is 9.95. The van der Waals surface area contributed by atoms with Crippen molar-refractivity contribution in [3.8, 4) is 0 Å². The highest BCUT2D eigenvalue weighted by molar-refractivity contribution is 4.72. The summed E-state index contributed by atoms with van der Waals surface area (Å²) in [4.78, 5) is 2.46. The van der Waals surface area contributed by atoms with Crippen LogP contribution in [0, 0.1) is 0 Å². The average molecular weight is 242 g/mol. The van der Waals surface area contributed by atoms with E-state index in [1.54, 1.807) is 0 Å². The SMILES string of the molecule is CCOCCN(CC)CCNC1CCCCC1. The summed E-state index contributed by atoms with van der Waals surface area (Å²) < 4.78 is 5.40. The molecular weight excluding hydrogens is 212 g/mol. The van der Waals surface area contributed by atoms with Crippen LogP contribution in [-0.4, -0.2) is 50.3 Å². The number of rotatable bonds is 9. The van der Waals surface area contributed by atoms with Crippen LogP contribution in [0.2, 0.25) is 0 Å². The van der Waals surface area contributed by atoms with Crippen LogP contribution < -0.4 is 5.32 Å². The van der Waals surface area contributed by atoms with Gasteiger partial charge < -0.3 is 15.0 Å². The maximum atomic E-state index is 5.40. The minimum atomic E-state index is 0.786. The van der Waals surface area contributed by atoms with Gasteiger partial charge in [0.2, 0.25) is 0 Å². The van der Waals surface area contributed by atoms with Gasteiger partial charge in [-0.1, -0.05) is 26.2 Å². The van der Waals surface area contributed by atoms with E-state index in [1.165, 1.54) is 32.1 Å². The fourth-order valence-electron chi connectivity index (χ4n) is 2.50. The van der Waals surface area contributed by atoms with E-state index in [4.69, 9.17) is 4.74 Å². The first kappa shape index (κ1) is 14.9. The second-order valence-electron chi connectivity index (χ2n) is 4.92. The Bertz CT molecular complexity index is 170. The van der Waals surface area contributed by atoms with Crippen molar-refractivity contribution in [3.05, 3.63) is 0 Å². The second-order valence-corrected chi connectivity index (χ2v) is 4.92. The lowest BCUT2D eigenvalue weighted by Gasteiger charge is -2.25. The second kappa shape index (κ2) is 9.86. The molecule has 0 aliphatic heterocycles. The predicted molar refractivity (Wildman–Crippen MR) is 73.5 cm³/mol. The zero-order valence-corrected chi connectivity index (χ0v) is 11.7. The van der Waals surface area contributed by atoms with Crippen molar-refractivity contribution in [2.75, 3.05) is 39.4 Å². The van der Waals surface area contributed by atoms with Crippen molar-refractivity contribution in [3.63, 3.8) is 0 Å². The molecule has 0 aromatic heterocycles. The summed E-state index contributed by atoms with van der Waals surface area (Å²) in [6.45, 7) is 10.5. The Morgan fingerprint density at radius 3 is 2.53 bits per heavy atom. The van der Waals surface area contributed by atoms with E-state index in [1.807, 2.05) is 0 Å². The molecule has 0 radical (unpaired) electrons. The molecule has 17 heavy (non-hydrogen) atoms. The quantitative estimate of drug-likeness (QED) is 0.628. The third kappa shape index (κ3) is 7.02. The number of hydrogen-bond acceptors (Lipinski definition) is 3. The molecule has 0 atom stereocenters. The van der Waals surface area contributed by atoms with Gasteiger partial charge in [-0.25, -0.2) is 0 Å². The van der Waals surface area contributed by atoms with Crippen LogP contribution in [0.4, 0.5) is 0 Å². The third-order valence-electron chi connectivity index (χ3n) is 3.67. The van der Waals surface area contributed by atoms with Crippen molar-refractivity contribution >= 4 is 0 Å². The molecule has 1 N–H and O–H groups in total. The zero-order valence-electron chi connectivity index (χ0n) is 11.7. The standard InChI is InChI=1S/C14H30N2O/c1-3-16(12-13-17-4-2)11-10-15-14-8-6-5-7-9-14/h14-15H,3-13H2,1-2H3. The maximum Gasteiger partial charge on any atom is 0.0593 e. The van der Waals surface area contributed by atoms with Gasteiger partial charge in [-0.3, -0.25) is 0 Å². The smallest absolute Gasteiger partial charge is 0.0593 e. The molecule has 0 amide bonds. The number of likely N-dealkylation sites (N-methyl/N-ethyl adjacent to an activating group) is 1. The van der Waals surface area contributed by atoms with E-state index in [-0.39, 0.29) is 0 Å². The zero-order chi connectivity index (χ0) is 12.3. The summed E-state index contributed by atoms with van der Waals surface area (Å²) in [7, 11) is 0. The molecular formula is C14H30N2O. The Hall–Kier alpha value is -0.120. The first-order valence-electron chi connectivity index (χ1n) is 7.40. The molecule has 0 aromatic carbocycles. The number of hydrogen-bond donors (Lipinski definition) is 1. The van der Waals surface area contributed by atoms with Crippen LogP contribution >= 0.6 is 0 Å². The Balaban J connectivity index is 2.01. The molecule has 1 aliphatic rings. The van der Waals surface area contributed by atoms with Gasteiger partial charge in [-0.2, -0.15) is 0 Å². The molecule has 0 bridgehead atoms. The van der Waals surface area contributed by atoms with Crippen LogP contribution in [0.25, 0.3) is 0 Å². The van der Waals surface area contributed by atoms with Crippen LogP contribution in [0.3, 0.4) is 0 Å². The molecule has 0 spiro atoms. The van der Waals surface area contributed by atoms with Crippen molar-refractivity contribution < 1.29 is 4.74 Å². The van der Waals surface area contributed by atoms with Crippen LogP contribution in [0.15, 0.2) is 0 Å². The van der Waals surface area contributed by atoms with Gasteiger partial charge in [0.15, 0.2) is 0 Å². The van der Waals surface area contributed by atoms with Gasteiger partial charge in [-0.15, -0.1) is 0 Å². The third-order valence-corrected chi connectivity index (χ3v) is 3.67. The Morgan fingerprint density at radius 1 is 1.12 bits per heavy atom. The molecule has 0 aromatic rings. The number of nitrogens with zero attached hydrogens (tertiary/aromatic N) is 1. The number of ether oxygens (including phenoxy) is 1. The fraction of sp³-hybridized carbons (Fsp3) is 1.00. The molecule has 0 unspecified atom stereocenters. The molecule has 1 fully saturated rings. The molecule has 0 heterocycles. The fourth-order valence-corrected chi connectivity index (χ4v) is 2.50. The summed E-state index contributed by atoms with van der Waals surface area (Å²) in [5.41, 5.74) is 0. The first-order chi connectivity index (χ1) is 8.36. The molecule has 1 rings (SSSR count). The highest BCUT2D eigenvalue weighted by atomic mass is 16.5. The highest BCUT2D eigenvalue weighted by Gasteiger charge is 2.12. The molecule has 102 valence electrons. The summed E-state index contributed by atoms with van der Waals surface area (Å²) in [6.07, 6.45) is 7.03. The van der Waals surface area contributed by atoms with Gasteiger partial charge in [0.1, 0.15) is 0 Å². The van der Waals surface area contributed by atoms with Crippen molar-refractivity contribution in [2.24, 2.45) is 0 Å². The van der Waals surface area contributed by atoms with E-state index in [0.29, 0.717) is 0 Å². The van der Waals surface area contributed by atoms with E-state index < -0.39 is 0 Å². The molecule has 1 saturated carbocycles. The van der Waals surface area contributed by atoms with E-state index in [0.717, 1.165) is 45.4 Å². The number of nitrogens with one attached hydrogen (secondary N) is 1. The first-order valence-corrected chi connectivity index (χ1v) is 7.40. The van der Waals surface area contributed by atoms with Gasteiger partial charge in [0, 0.05) is 32.3 Å². The minimum Gasteiger partial charge on any atom is -0.380 e. The average Bonchev–Trinajstić information content (AvgIpc) is 2.38. The van der Waals surface area contributed by atoms with Crippen molar-refractivity contribution in [1.82, 2.24) is 10.2 Å². The Morgan fingerprint density at radius 2 is 1.88 bits per heavy atom. The Labute approximate surface area is 107 Å². The lowest BCUT2D eigenvalue weighted by molar-refractivity contribution is 0.115. The van der Waals surface area contributed by atoms with Crippen molar-refractivity contribution in [2.45, 2.75) is 52.0 Å². The molecule has 3 nitrogen and oxygen atoms in total. The maximum absolute atomic E-state index is 5.40. The summed E-state index contributed by atoms with van der Waals surface area (Å²) in [6, 6.07) is 0.786. The van der Waals surface area contributed by atoms with E-state index in [9.17, 15) is 0 Å². The van der Waals surface area contributed by atoms with Crippen molar-refractivity contribution in [1.29, 1.82) is 0 Å².